The lowest BCUT2D eigenvalue weighted by Crippen LogP contribution is -2.45. The van der Waals surface area contributed by atoms with Crippen LogP contribution in [0.15, 0.2) is 242 Å². The summed E-state index contributed by atoms with van der Waals surface area (Å²) in [5.41, 5.74) is 17.5. The molecule has 0 fully saturated rings. The lowest BCUT2D eigenvalue weighted by atomic mass is 9.66. The van der Waals surface area contributed by atoms with E-state index >= 15 is 0 Å². The van der Waals surface area contributed by atoms with E-state index in [1.165, 1.54) is 55.6 Å². The zero-order chi connectivity index (χ0) is 40.6. The van der Waals surface area contributed by atoms with Crippen molar-refractivity contribution in [1.29, 1.82) is 0 Å². The predicted molar refractivity (Wildman–Crippen MR) is 251 cm³/mol. The van der Waals surface area contributed by atoms with Gasteiger partial charge in [-0.3, -0.25) is 5.32 Å². The van der Waals surface area contributed by atoms with Crippen LogP contribution < -0.4 is 10.6 Å². The molecule has 0 amide bonds. The molecule has 0 bridgehead atoms. The number of rotatable bonds is 8. The first kappa shape index (κ1) is 36.5. The summed E-state index contributed by atoms with van der Waals surface area (Å²) >= 11 is 0. The minimum absolute atomic E-state index is 0.236. The molecule has 0 saturated carbocycles. The molecule has 1 aliphatic heterocycles. The Hall–Kier alpha value is -7.59. The van der Waals surface area contributed by atoms with Crippen molar-refractivity contribution in [2.75, 3.05) is 0 Å². The highest BCUT2D eigenvalue weighted by Gasteiger charge is 2.47. The van der Waals surface area contributed by atoms with Gasteiger partial charge >= 0.3 is 0 Å². The highest BCUT2D eigenvalue weighted by molar-refractivity contribution is 5.99. The lowest BCUT2D eigenvalue weighted by molar-refractivity contribution is 0.409. The van der Waals surface area contributed by atoms with Crippen LogP contribution in [0.25, 0.3) is 44.5 Å². The number of hydrogen-bond acceptors (Lipinski definition) is 3. The number of aliphatic imine (C=N–C) groups is 1. The van der Waals surface area contributed by atoms with Crippen molar-refractivity contribution in [3.63, 3.8) is 0 Å². The first-order chi connectivity index (χ1) is 30.2. The number of fused-ring (bicyclic) bond motifs is 3. The molecule has 0 radical (unpaired) electrons. The molecule has 0 saturated heterocycles. The number of nitrogens with one attached hydrogen (secondary N) is 2. The van der Waals surface area contributed by atoms with Gasteiger partial charge in [0.2, 0.25) is 0 Å². The largest absolute Gasteiger partial charge is 0.350 e. The summed E-state index contributed by atoms with van der Waals surface area (Å²) in [6, 6.07) is 85.6. The molecule has 11 rings (SSSR count). The summed E-state index contributed by atoms with van der Waals surface area (Å²) in [4.78, 5) is 5.40. The van der Waals surface area contributed by atoms with Gasteiger partial charge in [-0.2, -0.15) is 0 Å². The van der Waals surface area contributed by atoms with Crippen LogP contribution in [0.1, 0.15) is 51.3 Å². The van der Waals surface area contributed by atoms with Crippen molar-refractivity contribution in [3.8, 4) is 44.5 Å². The third kappa shape index (κ3) is 6.48. The average Bonchev–Trinajstić information content (AvgIpc) is 3.66. The molecule has 0 aromatic heterocycles. The van der Waals surface area contributed by atoms with Crippen molar-refractivity contribution < 1.29 is 0 Å². The second kappa shape index (κ2) is 15.5. The standard InChI is InChI=1S/C58H43N3/c1-6-20-40(21-7-1)45-37-46(41-22-8-2-9-23-41)39-47(38-45)57-60-55(42-24-10-3-11-25-42)59-56(61-57)44-27-18-26-43(36-44)50-33-19-34-52-51-32-16-17-35-53(51)58(54(50)52,48-28-12-4-13-29-48)49-30-14-5-15-31-49/h1-39,56-57,61H,(H,59,60). The number of amidine groups is 1. The van der Waals surface area contributed by atoms with E-state index in [9.17, 15) is 0 Å². The highest BCUT2D eigenvalue weighted by atomic mass is 15.3. The Labute approximate surface area is 357 Å². The molecule has 290 valence electrons. The zero-order valence-corrected chi connectivity index (χ0v) is 33.6. The van der Waals surface area contributed by atoms with E-state index in [4.69, 9.17) is 4.99 Å². The maximum absolute atomic E-state index is 5.40. The fourth-order valence-corrected chi connectivity index (χ4v) is 9.68. The van der Waals surface area contributed by atoms with Gasteiger partial charge in [0, 0.05) is 5.56 Å². The molecule has 2 aliphatic rings. The second-order valence-electron chi connectivity index (χ2n) is 15.9. The van der Waals surface area contributed by atoms with Gasteiger partial charge in [0.15, 0.2) is 0 Å². The van der Waals surface area contributed by atoms with Crippen molar-refractivity contribution in [3.05, 3.63) is 276 Å². The third-order valence-corrected chi connectivity index (χ3v) is 12.4. The SMILES string of the molecule is c1ccc(C2=NC(c3cc(-c4ccccc4)cc(-c4ccccc4)c3)NC(c3cccc(-c4cccc5c4C(c4ccccc4)(c4ccccc4)c4ccccc4-5)c3)N2)cc1. The number of hydrogen-bond donors (Lipinski definition) is 2. The molecular weight excluding hydrogens is 739 g/mol. The quantitative estimate of drug-likeness (QED) is 0.161. The summed E-state index contributed by atoms with van der Waals surface area (Å²) in [5.74, 6) is 0.856. The molecule has 3 heteroatoms. The van der Waals surface area contributed by atoms with Crippen molar-refractivity contribution in [1.82, 2.24) is 10.6 Å². The van der Waals surface area contributed by atoms with Gasteiger partial charge in [-0.1, -0.05) is 212 Å². The van der Waals surface area contributed by atoms with Crippen molar-refractivity contribution >= 4 is 5.84 Å². The van der Waals surface area contributed by atoms with E-state index < -0.39 is 5.41 Å². The van der Waals surface area contributed by atoms with Crippen LogP contribution in [0, 0.1) is 0 Å². The Balaban J connectivity index is 1.06. The third-order valence-electron chi connectivity index (χ3n) is 12.4. The first-order valence-electron chi connectivity index (χ1n) is 21.1. The Morgan fingerprint density at radius 2 is 0.836 bits per heavy atom. The Bertz CT molecular complexity index is 2920. The van der Waals surface area contributed by atoms with Crippen LogP contribution in [0.3, 0.4) is 0 Å². The maximum atomic E-state index is 5.40. The molecule has 1 aliphatic carbocycles. The van der Waals surface area contributed by atoms with Crippen LogP contribution in [0.2, 0.25) is 0 Å². The first-order valence-corrected chi connectivity index (χ1v) is 21.1. The molecule has 9 aromatic rings. The van der Waals surface area contributed by atoms with E-state index in [0.29, 0.717) is 0 Å². The predicted octanol–water partition coefficient (Wildman–Crippen LogP) is 13.4. The van der Waals surface area contributed by atoms with Crippen molar-refractivity contribution in [2.45, 2.75) is 17.7 Å². The molecule has 0 spiro atoms. The molecule has 2 atom stereocenters. The van der Waals surface area contributed by atoms with Gasteiger partial charge in [-0.15, -0.1) is 0 Å². The number of nitrogens with zero attached hydrogens (tertiary/aromatic N) is 1. The van der Waals surface area contributed by atoms with Crippen LogP contribution in [0.5, 0.6) is 0 Å². The van der Waals surface area contributed by atoms with E-state index in [1.54, 1.807) is 0 Å². The fourth-order valence-electron chi connectivity index (χ4n) is 9.68. The van der Waals surface area contributed by atoms with Crippen LogP contribution in [0.4, 0.5) is 0 Å². The summed E-state index contributed by atoms with van der Waals surface area (Å²) in [6.45, 7) is 0. The van der Waals surface area contributed by atoms with Gasteiger partial charge in [0.1, 0.15) is 18.2 Å². The van der Waals surface area contributed by atoms with Crippen molar-refractivity contribution in [2.24, 2.45) is 4.99 Å². The van der Waals surface area contributed by atoms with Gasteiger partial charge in [0.25, 0.3) is 0 Å². The zero-order valence-electron chi connectivity index (χ0n) is 33.6. The minimum Gasteiger partial charge on any atom is -0.350 e. The topological polar surface area (TPSA) is 36.4 Å². The fraction of sp³-hybridized carbons (Fsp3) is 0.0517. The highest BCUT2D eigenvalue weighted by Crippen LogP contribution is 2.58. The maximum Gasteiger partial charge on any atom is 0.131 e. The smallest absolute Gasteiger partial charge is 0.131 e. The van der Waals surface area contributed by atoms with Gasteiger partial charge in [0.05, 0.1) is 5.41 Å². The lowest BCUT2D eigenvalue weighted by Gasteiger charge is -2.35. The second-order valence-corrected chi connectivity index (χ2v) is 15.9. The van der Waals surface area contributed by atoms with E-state index in [0.717, 1.165) is 33.7 Å². The van der Waals surface area contributed by atoms with E-state index in [1.807, 2.05) is 0 Å². The summed E-state index contributed by atoms with van der Waals surface area (Å²) < 4.78 is 0. The monoisotopic (exact) mass is 781 g/mol. The minimum atomic E-state index is -0.513. The summed E-state index contributed by atoms with van der Waals surface area (Å²) in [5, 5.41) is 7.79. The molecule has 2 N–H and O–H groups in total. The Morgan fingerprint density at radius 1 is 0.361 bits per heavy atom. The van der Waals surface area contributed by atoms with E-state index in [2.05, 4.69) is 247 Å². The summed E-state index contributed by atoms with van der Waals surface area (Å²) in [6.07, 6.45) is -0.560. The Kier molecular flexibility index (Phi) is 9.30. The molecule has 61 heavy (non-hydrogen) atoms. The number of benzene rings is 9. The molecule has 1 heterocycles. The normalized spacial score (nSPS) is 16.2. The van der Waals surface area contributed by atoms with Crippen LogP contribution in [-0.2, 0) is 5.41 Å². The van der Waals surface area contributed by atoms with Crippen LogP contribution >= 0.6 is 0 Å². The Morgan fingerprint density at radius 3 is 1.46 bits per heavy atom. The van der Waals surface area contributed by atoms with Gasteiger partial charge in [-0.05, 0) is 102 Å². The summed E-state index contributed by atoms with van der Waals surface area (Å²) in [7, 11) is 0. The van der Waals surface area contributed by atoms with Crippen LogP contribution in [-0.4, -0.2) is 5.84 Å². The molecule has 2 unspecified atom stereocenters. The van der Waals surface area contributed by atoms with Gasteiger partial charge in [-0.25, -0.2) is 4.99 Å². The molecular formula is C58H43N3. The van der Waals surface area contributed by atoms with Gasteiger partial charge < -0.3 is 5.32 Å². The van der Waals surface area contributed by atoms with E-state index in [-0.39, 0.29) is 12.3 Å². The average molecular weight is 782 g/mol. The molecule has 9 aromatic carbocycles. The molecule has 3 nitrogen and oxygen atoms in total.